The molecular formula is C13H15N3O3. The third-order valence-electron chi connectivity index (χ3n) is 2.89. The molecule has 0 fully saturated rings. The lowest BCUT2D eigenvalue weighted by atomic mass is 10.3. The predicted molar refractivity (Wildman–Crippen MR) is 69.4 cm³/mol. The number of aromatic nitrogens is 2. The Labute approximate surface area is 110 Å². The molecule has 1 aromatic heterocycles. The number of imidazole rings is 1. The number of amides is 1. The molecule has 6 heteroatoms. The van der Waals surface area contributed by atoms with Gasteiger partial charge in [0, 0.05) is 13.5 Å². The Morgan fingerprint density at radius 2 is 2.05 bits per heavy atom. The van der Waals surface area contributed by atoms with Gasteiger partial charge in [-0.25, -0.2) is 4.98 Å². The number of carbonyl (C=O) groups excluding carboxylic acids is 1. The molecule has 0 atom stereocenters. The van der Waals surface area contributed by atoms with E-state index in [1.807, 2.05) is 35.9 Å². The molecule has 100 valence electrons. The quantitative estimate of drug-likeness (QED) is 0.842. The molecule has 2 rings (SSSR count). The molecular weight excluding hydrogens is 246 g/mol. The van der Waals surface area contributed by atoms with Gasteiger partial charge in [0.15, 0.2) is 0 Å². The average molecular weight is 261 g/mol. The van der Waals surface area contributed by atoms with E-state index in [0.29, 0.717) is 6.54 Å². The molecule has 0 aliphatic heterocycles. The molecule has 2 aromatic rings. The summed E-state index contributed by atoms with van der Waals surface area (Å²) in [7, 11) is 1.88. The van der Waals surface area contributed by atoms with Gasteiger partial charge >= 0.3 is 5.97 Å². The molecule has 0 aliphatic rings. The van der Waals surface area contributed by atoms with Gasteiger partial charge in [-0.3, -0.25) is 9.59 Å². The van der Waals surface area contributed by atoms with Gasteiger partial charge in [-0.15, -0.1) is 0 Å². The van der Waals surface area contributed by atoms with Gasteiger partial charge in [0.2, 0.25) is 5.91 Å². The predicted octanol–water partition coefficient (Wildman–Crippen LogP) is 1.05. The minimum absolute atomic E-state index is 0.0146. The highest BCUT2D eigenvalue weighted by Crippen LogP contribution is 2.13. The Morgan fingerprint density at radius 1 is 1.32 bits per heavy atom. The number of para-hydroxylation sites is 2. The van der Waals surface area contributed by atoms with E-state index in [1.54, 1.807) is 0 Å². The highest BCUT2D eigenvalue weighted by molar-refractivity contribution is 5.80. The molecule has 0 saturated carbocycles. The second-order valence-corrected chi connectivity index (χ2v) is 4.25. The lowest BCUT2D eigenvalue weighted by molar-refractivity contribution is -0.138. The molecule has 0 spiro atoms. The second-order valence-electron chi connectivity index (χ2n) is 4.25. The van der Waals surface area contributed by atoms with Crippen molar-refractivity contribution in [1.82, 2.24) is 14.9 Å². The molecule has 0 radical (unpaired) electrons. The summed E-state index contributed by atoms with van der Waals surface area (Å²) in [4.78, 5) is 26.2. The van der Waals surface area contributed by atoms with E-state index in [2.05, 4.69) is 10.3 Å². The van der Waals surface area contributed by atoms with Crippen LogP contribution in [-0.4, -0.2) is 26.5 Å². The highest BCUT2D eigenvalue weighted by Gasteiger charge is 2.09. The summed E-state index contributed by atoms with van der Waals surface area (Å²) in [6.45, 7) is 0.295. The number of rotatable bonds is 5. The first kappa shape index (κ1) is 13.1. The zero-order valence-corrected chi connectivity index (χ0v) is 10.6. The van der Waals surface area contributed by atoms with E-state index in [0.717, 1.165) is 16.9 Å². The van der Waals surface area contributed by atoms with Gasteiger partial charge in [-0.05, 0) is 12.1 Å². The molecule has 1 heterocycles. The monoisotopic (exact) mass is 261 g/mol. The van der Waals surface area contributed by atoms with Crippen LogP contribution < -0.4 is 5.32 Å². The maximum Gasteiger partial charge on any atom is 0.303 e. The average Bonchev–Trinajstić information content (AvgIpc) is 2.71. The first-order chi connectivity index (χ1) is 9.08. The van der Waals surface area contributed by atoms with Gasteiger partial charge in [0.05, 0.1) is 24.0 Å². The Hall–Kier alpha value is -2.37. The number of carboxylic acids is 1. The molecule has 1 aromatic carbocycles. The molecule has 0 aliphatic carbocycles. The first-order valence-electron chi connectivity index (χ1n) is 5.97. The maximum atomic E-state index is 11.4. The van der Waals surface area contributed by atoms with Crippen molar-refractivity contribution in [3.63, 3.8) is 0 Å². The van der Waals surface area contributed by atoms with Crippen LogP contribution in [0.25, 0.3) is 11.0 Å². The van der Waals surface area contributed by atoms with E-state index in [4.69, 9.17) is 5.11 Å². The normalized spacial score (nSPS) is 10.6. The number of carbonyl (C=O) groups is 2. The van der Waals surface area contributed by atoms with Crippen molar-refractivity contribution in [2.24, 2.45) is 7.05 Å². The van der Waals surface area contributed by atoms with Crippen LogP contribution in [0.3, 0.4) is 0 Å². The number of nitrogens with zero attached hydrogens (tertiary/aromatic N) is 2. The Balaban J connectivity index is 2.00. The van der Waals surface area contributed by atoms with Crippen molar-refractivity contribution in [2.75, 3.05) is 0 Å². The second kappa shape index (κ2) is 5.51. The minimum atomic E-state index is -0.974. The van der Waals surface area contributed by atoms with Crippen molar-refractivity contribution < 1.29 is 14.7 Å². The van der Waals surface area contributed by atoms with Crippen molar-refractivity contribution in [1.29, 1.82) is 0 Å². The fourth-order valence-corrected chi connectivity index (χ4v) is 1.84. The van der Waals surface area contributed by atoms with Crippen LogP contribution in [0.2, 0.25) is 0 Å². The number of hydrogen-bond donors (Lipinski definition) is 2. The SMILES string of the molecule is Cn1c(CNC(=O)CCC(=O)O)nc2ccccc21. The summed E-state index contributed by atoms with van der Waals surface area (Å²) in [6, 6.07) is 7.70. The first-order valence-corrected chi connectivity index (χ1v) is 5.97. The summed E-state index contributed by atoms with van der Waals surface area (Å²) in [5, 5.41) is 11.2. The van der Waals surface area contributed by atoms with Crippen LogP contribution >= 0.6 is 0 Å². The number of hydrogen-bond acceptors (Lipinski definition) is 3. The van der Waals surface area contributed by atoms with Crippen LogP contribution in [0.15, 0.2) is 24.3 Å². The summed E-state index contributed by atoms with van der Waals surface area (Å²) in [6.07, 6.45) is -0.173. The topological polar surface area (TPSA) is 84.2 Å². The lowest BCUT2D eigenvalue weighted by Gasteiger charge is -2.04. The number of fused-ring (bicyclic) bond motifs is 1. The Kier molecular flexibility index (Phi) is 3.79. The molecule has 0 saturated heterocycles. The molecule has 2 N–H and O–H groups in total. The maximum absolute atomic E-state index is 11.4. The fourth-order valence-electron chi connectivity index (χ4n) is 1.84. The van der Waals surface area contributed by atoms with Gasteiger partial charge in [-0.2, -0.15) is 0 Å². The third-order valence-corrected chi connectivity index (χ3v) is 2.89. The number of aliphatic carboxylic acids is 1. The van der Waals surface area contributed by atoms with Crippen LogP contribution in [0.4, 0.5) is 0 Å². The smallest absolute Gasteiger partial charge is 0.303 e. The van der Waals surface area contributed by atoms with E-state index < -0.39 is 5.97 Å². The van der Waals surface area contributed by atoms with Crippen molar-refractivity contribution in [3.8, 4) is 0 Å². The summed E-state index contributed by atoms with van der Waals surface area (Å²) in [5.74, 6) is -0.516. The largest absolute Gasteiger partial charge is 0.481 e. The van der Waals surface area contributed by atoms with Gasteiger partial charge < -0.3 is 15.0 Å². The molecule has 6 nitrogen and oxygen atoms in total. The number of nitrogens with one attached hydrogen (secondary N) is 1. The molecule has 19 heavy (non-hydrogen) atoms. The van der Waals surface area contributed by atoms with E-state index in [9.17, 15) is 9.59 Å². The lowest BCUT2D eigenvalue weighted by Crippen LogP contribution is -2.24. The summed E-state index contributed by atoms with van der Waals surface area (Å²) < 4.78 is 1.91. The highest BCUT2D eigenvalue weighted by atomic mass is 16.4. The molecule has 0 unspecified atom stereocenters. The van der Waals surface area contributed by atoms with Gasteiger partial charge in [0.1, 0.15) is 5.82 Å². The Morgan fingerprint density at radius 3 is 2.74 bits per heavy atom. The number of carboxylic acid groups (broad SMARTS) is 1. The van der Waals surface area contributed by atoms with Gasteiger partial charge in [-0.1, -0.05) is 12.1 Å². The zero-order chi connectivity index (χ0) is 13.8. The van der Waals surface area contributed by atoms with Crippen molar-refractivity contribution in [3.05, 3.63) is 30.1 Å². The number of benzene rings is 1. The van der Waals surface area contributed by atoms with Crippen LogP contribution in [0.5, 0.6) is 0 Å². The summed E-state index contributed by atoms with van der Waals surface area (Å²) >= 11 is 0. The standard InChI is InChI=1S/C13H15N3O3/c1-16-10-5-3-2-4-9(10)15-11(16)8-14-12(17)6-7-13(18)19/h2-5H,6-8H2,1H3,(H,14,17)(H,18,19). The Bertz CT molecular complexity index is 619. The van der Waals surface area contributed by atoms with Crippen LogP contribution in [0, 0.1) is 0 Å². The van der Waals surface area contributed by atoms with Gasteiger partial charge in [0.25, 0.3) is 0 Å². The summed E-state index contributed by atoms with van der Waals surface area (Å²) in [5.41, 5.74) is 1.87. The van der Waals surface area contributed by atoms with Crippen molar-refractivity contribution in [2.45, 2.75) is 19.4 Å². The number of aryl methyl sites for hydroxylation is 1. The zero-order valence-electron chi connectivity index (χ0n) is 10.6. The fraction of sp³-hybridized carbons (Fsp3) is 0.308. The van der Waals surface area contributed by atoms with E-state index >= 15 is 0 Å². The van der Waals surface area contributed by atoms with Crippen LogP contribution in [-0.2, 0) is 23.2 Å². The molecule has 0 bridgehead atoms. The van der Waals surface area contributed by atoms with E-state index in [1.165, 1.54) is 0 Å². The third kappa shape index (κ3) is 3.09. The minimum Gasteiger partial charge on any atom is -0.481 e. The molecule has 1 amide bonds. The van der Waals surface area contributed by atoms with E-state index in [-0.39, 0.29) is 18.7 Å². The van der Waals surface area contributed by atoms with Crippen LogP contribution in [0.1, 0.15) is 18.7 Å². The van der Waals surface area contributed by atoms with Crippen molar-refractivity contribution >= 4 is 22.9 Å².